The van der Waals surface area contributed by atoms with E-state index in [2.05, 4.69) is 31.2 Å². The molecular weight excluding hydrogens is 288 g/mol. The minimum atomic E-state index is -0.511. The van der Waals surface area contributed by atoms with Crippen LogP contribution in [0.2, 0.25) is 5.02 Å². The molecule has 0 unspecified atom stereocenters. The van der Waals surface area contributed by atoms with Crippen molar-refractivity contribution in [3.05, 3.63) is 46.7 Å². The van der Waals surface area contributed by atoms with Gasteiger partial charge in [-0.05, 0) is 38.5 Å². The quantitative estimate of drug-likeness (QED) is 0.911. The third kappa shape index (κ3) is 4.06. The highest BCUT2D eigenvalue weighted by molar-refractivity contribution is 6.32. The fourth-order valence-electron chi connectivity index (χ4n) is 1.80. The summed E-state index contributed by atoms with van der Waals surface area (Å²) in [6.45, 7) is 7.06. The first-order valence-electron chi connectivity index (χ1n) is 6.64. The van der Waals surface area contributed by atoms with Crippen LogP contribution in [-0.2, 0) is 6.54 Å². The summed E-state index contributed by atoms with van der Waals surface area (Å²) in [6.07, 6.45) is 2.99. The van der Waals surface area contributed by atoms with E-state index >= 15 is 0 Å². The Kier molecular flexibility index (Phi) is 4.34. The Morgan fingerprint density at radius 3 is 2.67 bits per heavy atom. The van der Waals surface area contributed by atoms with Gasteiger partial charge in [-0.3, -0.25) is 4.79 Å². The third-order valence-electron chi connectivity index (χ3n) is 2.95. The summed E-state index contributed by atoms with van der Waals surface area (Å²) >= 11 is 6.30. The molecular formula is C15H19ClN4O. The summed E-state index contributed by atoms with van der Waals surface area (Å²) < 4.78 is 1.55. The summed E-state index contributed by atoms with van der Waals surface area (Å²) in [5.41, 5.74) is 7.41. The number of primary amides is 1. The van der Waals surface area contributed by atoms with Crippen molar-refractivity contribution in [1.29, 1.82) is 0 Å². The maximum Gasteiger partial charge on any atom is 0.251 e. The van der Waals surface area contributed by atoms with E-state index in [1.165, 1.54) is 6.20 Å². The van der Waals surface area contributed by atoms with Crippen LogP contribution in [0.5, 0.6) is 0 Å². The maximum absolute atomic E-state index is 11.1. The van der Waals surface area contributed by atoms with Crippen molar-refractivity contribution in [2.45, 2.75) is 32.9 Å². The smallest absolute Gasteiger partial charge is 0.251 e. The molecule has 0 aliphatic heterocycles. The highest BCUT2D eigenvalue weighted by Gasteiger charge is 2.11. The molecule has 3 N–H and O–H groups in total. The van der Waals surface area contributed by atoms with Crippen molar-refractivity contribution in [1.82, 2.24) is 15.1 Å². The van der Waals surface area contributed by atoms with Gasteiger partial charge in [0, 0.05) is 18.3 Å². The molecule has 5 nitrogen and oxygen atoms in total. The molecule has 1 amide bonds. The second-order valence-electron chi connectivity index (χ2n) is 5.93. The first-order valence-corrected chi connectivity index (χ1v) is 7.02. The van der Waals surface area contributed by atoms with Gasteiger partial charge in [0.1, 0.15) is 0 Å². The summed E-state index contributed by atoms with van der Waals surface area (Å²) in [6, 6.07) is 5.74. The van der Waals surface area contributed by atoms with Gasteiger partial charge >= 0.3 is 0 Å². The van der Waals surface area contributed by atoms with Crippen LogP contribution in [0, 0.1) is 0 Å². The first kappa shape index (κ1) is 15.5. The molecule has 1 heterocycles. The van der Waals surface area contributed by atoms with Crippen molar-refractivity contribution in [3.63, 3.8) is 0 Å². The lowest BCUT2D eigenvalue weighted by Gasteiger charge is -2.20. The molecule has 0 bridgehead atoms. The fraction of sp³-hybridized carbons (Fsp3) is 0.333. The molecule has 21 heavy (non-hydrogen) atoms. The number of nitrogens with two attached hydrogens (primary N) is 1. The van der Waals surface area contributed by atoms with Crippen molar-refractivity contribution in [3.8, 4) is 5.69 Å². The number of hydrogen-bond donors (Lipinski definition) is 2. The highest BCUT2D eigenvalue weighted by Crippen LogP contribution is 2.22. The zero-order valence-corrected chi connectivity index (χ0v) is 13.1. The van der Waals surface area contributed by atoms with Gasteiger partial charge in [-0.25, -0.2) is 4.68 Å². The Morgan fingerprint density at radius 1 is 1.43 bits per heavy atom. The van der Waals surface area contributed by atoms with E-state index in [9.17, 15) is 4.79 Å². The van der Waals surface area contributed by atoms with E-state index in [1.54, 1.807) is 10.9 Å². The Labute approximate surface area is 129 Å². The van der Waals surface area contributed by atoms with Crippen LogP contribution in [0.4, 0.5) is 0 Å². The molecule has 2 rings (SSSR count). The van der Waals surface area contributed by atoms with Crippen molar-refractivity contribution in [2.24, 2.45) is 5.73 Å². The molecule has 0 radical (unpaired) electrons. The van der Waals surface area contributed by atoms with E-state index in [0.717, 1.165) is 12.1 Å². The largest absolute Gasteiger partial charge is 0.366 e. The van der Waals surface area contributed by atoms with Gasteiger partial charge in [0.15, 0.2) is 0 Å². The van der Waals surface area contributed by atoms with E-state index in [1.807, 2.05) is 18.2 Å². The summed E-state index contributed by atoms with van der Waals surface area (Å²) in [4.78, 5) is 11.1. The maximum atomic E-state index is 11.1. The standard InChI is InChI=1S/C15H19ClN4O/c1-15(2,3)18-7-10-4-5-13(12(16)6-10)20-9-11(8-19-20)14(17)21/h4-6,8-9,18H,7H2,1-3H3,(H2,17,21). The fourth-order valence-corrected chi connectivity index (χ4v) is 2.08. The molecule has 0 saturated carbocycles. The van der Waals surface area contributed by atoms with E-state index < -0.39 is 5.91 Å². The van der Waals surface area contributed by atoms with Crippen LogP contribution < -0.4 is 11.1 Å². The minimum Gasteiger partial charge on any atom is -0.366 e. The Morgan fingerprint density at radius 2 is 2.14 bits per heavy atom. The molecule has 0 spiro atoms. The lowest BCUT2D eigenvalue weighted by molar-refractivity contribution is 0.100. The van der Waals surface area contributed by atoms with Crippen LogP contribution >= 0.6 is 11.6 Å². The number of nitrogens with one attached hydrogen (secondary N) is 1. The molecule has 0 saturated heterocycles. The summed E-state index contributed by atoms with van der Waals surface area (Å²) in [5.74, 6) is -0.511. The second-order valence-corrected chi connectivity index (χ2v) is 6.33. The topological polar surface area (TPSA) is 72.9 Å². The average Bonchev–Trinajstić information content (AvgIpc) is 2.85. The zero-order valence-electron chi connectivity index (χ0n) is 12.4. The average molecular weight is 307 g/mol. The van der Waals surface area contributed by atoms with Gasteiger partial charge in [-0.2, -0.15) is 5.10 Å². The Balaban J connectivity index is 2.20. The van der Waals surface area contributed by atoms with Gasteiger partial charge in [0.25, 0.3) is 5.91 Å². The van der Waals surface area contributed by atoms with E-state index in [-0.39, 0.29) is 5.54 Å². The normalized spacial score (nSPS) is 11.6. The van der Waals surface area contributed by atoms with E-state index in [0.29, 0.717) is 16.3 Å². The summed E-state index contributed by atoms with van der Waals surface area (Å²) in [5, 5.41) is 8.07. The molecule has 0 fully saturated rings. The lowest BCUT2D eigenvalue weighted by Crippen LogP contribution is -2.35. The molecule has 0 aliphatic carbocycles. The predicted molar refractivity (Wildman–Crippen MR) is 83.7 cm³/mol. The van der Waals surface area contributed by atoms with Crippen LogP contribution in [0.1, 0.15) is 36.7 Å². The molecule has 6 heteroatoms. The molecule has 1 aromatic heterocycles. The van der Waals surface area contributed by atoms with Gasteiger partial charge in [-0.1, -0.05) is 17.7 Å². The second kappa shape index (κ2) is 5.87. The lowest BCUT2D eigenvalue weighted by atomic mass is 10.1. The van der Waals surface area contributed by atoms with Crippen molar-refractivity contribution in [2.75, 3.05) is 0 Å². The monoisotopic (exact) mass is 306 g/mol. The predicted octanol–water partition coefficient (Wildman–Crippen LogP) is 2.51. The van der Waals surface area contributed by atoms with Crippen molar-refractivity contribution >= 4 is 17.5 Å². The number of rotatable bonds is 4. The number of nitrogens with zero attached hydrogens (tertiary/aromatic N) is 2. The van der Waals surface area contributed by atoms with Gasteiger partial charge in [-0.15, -0.1) is 0 Å². The van der Waals surface area contributed by atoms with Crippen LogP contribution in [0.25, 0.3) is 5.69 Å². The number of benzene rings is 1. The molecule has 1 aromatic carbocycles. The van der Waals surface area contributed by atoms with Crippen LogP contribution in [0.15, 0.2) is 30.6 Å². The van der Waals surface area contributed by atoms with Crippen molar-refractivity contribution < 1.29 is 4.79 Å². The SMILES string of the molecule is CC(C)(C)NCc1ccc(-n2cc(C(N)=O)cn2)c(Cl)c1. The zero-order chi connectivity index (χ0) is 15.6. The number of carbonyl (C=O) groups is 1. The number of amides is 1. The number of aromatic nitrogens is 2. The third-order valence-corrected chi connectivity index (χ3v) is 3.25. The van der Waals surface area contributed by atoms with Gasteiger partial charge in [0.05, 0.1) is 22.5 Å². The first-order chi connectivity index (χ1) is 9.76. The van der Waals surface area contributed by atoms with Gasteiger partial charge < -0.3 is 11.1 Å². The number of hydrogen-bond acceptors (Lipinski definition) is 3. The van der Waals surface area contributed by atoms with Crippen LogP contribution in [-0.4, -0.2) is 21.2 Å². The van der Waals surface area contributed by atoms with Crippen LogP contribution in [0.3, 0.4) is 0 Å². The molecule has 0 aliphatic rings. The minimum absolute atomic E-state index is 0.0452. The highest BCUT2D eigenvalue weighted by atomic mass is 35.5. The van der Waals surface area contributed by atoms with Gasteiger partial charge in [0.2, 0.25) is 0 Å². The number of halogens is 1. The summed E-state index contributed by atoms with van der Waals surface area (Å²) in [7, 11) is 0. The van der Waals surface area contributed by atoms with E-state index in [4.69, 9.17) is 17.3 Å². The molecule has 112 valence electrons. The molecule has 2 aromatic rings. The Bertz CT molecular complexity index is 658. The Hall–Kier alpha value is -1.85. The number of carbonyl (C=O) groups excluding carboxylic acids is 1. The molecule has 0 atom stereocenters.